The summed E-state index contributed by atoms with van der Waals surface area (Å²) >= 11 is 5.98. The van der Waals surface area contributed by atoms with Crippen LogP contribution in [-0.2, 0) is 19.1 Å². The first-order valence-electron chi connectivity index (χ1n) is 10.6. The molecule has 2 aromatic rings. The molecule has 1 heterocycles. The van der Waals surface area contributed by atoms with Crippen LogP contribution in [0.5, 0.6) is 0 Å². The van der Waals surface area contributed by atoms with Crippen molar-refractivity contribution in [2.45, 2.75) is 25.9 Å². The molecule has 1 atom stereocenters. The molecule has 0 aliphatic carbocycles. The van der Waals surface area contributed by atoms with Crippen molar-refractivity contribution in [2.75, 3.05) is 31.6 Å². The Balaban J connectivity index is 1.49. The number of nitrogens with one attached hydrogen (secondary N) is 1. The van der Waals surface area contributed by atoms with Crippen LogP contribution in [0.3, 0.4) is 0 Å². The minimum Gasteiger partial charge on any atom is -0.454 e. The largest absolute Gasteiger partial charge is 0.454 e. The molecule has 1 N–H and O–H groups in total. The number of esters is 1. The van der Waals surface area contributed by atoms with Gasteiger partial charge in [0.15, 0.2) is 6.61 Å². The molecule has 1 aliphatic heterocycles. The molecule has 2 amide bonds. The van der Waals surface area contributed by atoms with Gasteiger partial charge in [-0.1, -0.05) is 30.7 Å². The Labute approximate surface area is 196 Å². The highest BCUT2D eigenvalue weighted by Gasteiger charge is 2.30. The number of ether oxygens (including phenoxy) is 2. The number of benzene rings is 2. The van der Waals surface area contributed by atoms with Crippen molar-refractivity contribution in [3.05, 3.63) is 64.7 Å². The molecule has 3 rings (SSSR count). The zero-order chi connectivity index (χ0) is 23.8. The SMILES string of the molecule is CCCN1CCOC(CC(=O)Nc2ccc(C(=O)OCC(=O)c3ccccc3Cl)cc2)C1=O. The Kier molecular flexibility index (Phi) is 8.57. The van der Waals surface area contributed by atoms with Gasteiger partial charge in [-0.05, 0) is 42.8 Å². The van der Waals surface area contributed by atoms with Crippen molar-refractivity contribution < 1.29 is 28.7 Å². The predicted octanol–water partition coefficient (Wildman–Crippen LogP) is 3.35. The van der Waals surface area contributed by atoms with Crippen molar-refractivity contribution in [3.8, 4) is 0 Å². The van der Waals surface area contributed by atoms with E-state index in [2.05, 4.69) is 5.32 Å². The van der Waals surface area contributed by atoms with Gasteiger partial charge in [0.2, 0.25) is 11.7 Å². The third-order valence-corrected chi connectivity index (χ3v) is 5.37. The van der Waals surface area contributed by atoms with Crippen LogP contribution in [0.15, 0.2) is 48.5 Å². The van der Waals surface area contributed by atoms with E-state index >= 15 is 0 Å². The lowest BCUT2D eigenvalue weighted by atomic mass is 10.1. The second-order valence-corrected chi connectivity index (χ2v) is 7.90. The van der Waals surface area contributed by atoms with E-state index in [0.29, 0.717) is 25.4 Å². The first-order valence-corrected chi connectivity index (χ1v) is 11.0. The summed E-state index contributed by atoms with van der Waals surface area (Å²) in [6, 6.07) is 12.5. The molecule has 174 valence electrons. The van der Waals surface area contributed by atoms with Crippen LogP contribution < -0.4 is 5.32 Å². The summed E-state index contributed by atoms with van der Waals surface area (Å²) in [4.78, 5) is 50.8. The standard InChI is InChI=1S/C24H25ClN2O6/c1-2-11-27-12-13-32-21(23(27)30)14-22(29)26-17-9-7-16(8-10-17)24(31)33-15-20(28)18-5-3-4-6-19(18)25/h3-10,21H,2,11-15H2,1H3,(H,26,29). The maximum absolute atomic E-state index is 12.4. The number of ketones is 1. The molecule has 8 nitrogen and oxygen atoms in total. The Morgan fingerprint density at radius 1 is 1.15 bits per heavy atom. The highest BCUT2D eigenvalue weighted by molar-refractivity contribution is 6.34. The Bertz CT molecular complexity index is 1020. The number of nitrogens with zero attached hydrogens (tertiary/aromatic N) is 1. The molecule has 1 fully saturated rings. The minimum atomic E-state index is -0.796. The lowest BCUT2D eigenvalue weighted by Crippen LogP contribution is -2.49. The van der Waals surface area contributed by atoms with E-state index in [0.717, 1.165) is 6.42 Å². The summed E-state index contributed by atoms with van der Waals surface area (Å²) in [7, 11) is 0. The maximum atomic E-state index is 12.4. The summed E-state index contributed by atoms with van der Waals surface area (Å²) in [5.41, 5.74) is 0.960. The van der Waals surface area contributed by atoms with Crippen molar-refractivity contribution in [1.29, 1.82) is 0 Å². The van der Waals surface area contributed by atoms with Crippen LogP contribution in [0, 0.1) is 0 Å². The minimum absolute atomic E-state index is 0.0903. The number of halogens is 1. The normalized spacial score (nSPS) is 15.8. The molecular formula is C24H25ClN2O6. The summed E-state index contributed by atoms with van der Waals surface area (Å²) < 4.78 is 10.5. The number of morpholine rings is 1. The van der Waals surface area contributed by atoms with Crippen LogP contribution in [-0.4, -0.2) is 60.9 Å². The molecule has 0 aromatic heterocycles. The van der Waals surface area contributed by atoms with E-state index < -0.39 is 24.5 Å². The molecule has 0 saturated carbocycles. The highest BCUT2D eigenvalue weighted by Crippen LogP contribution is 2.17. The van der Waals surface area contributed by atoms with Gasteiger partial charge in [-0.2, -0.15) is 0 Å². The fourth-order valence-corrected chi connectivity index (χ4v) is 3.62. The van der Waals surface area contributed by atoms with Gasteiger partial charge in [0.05, 0.1) is 23.6 Å². The van der Waals surface area contributed by atoms with E-state index in [9.17, 15) is 19.2 Å². The van der Waals surface area contributed by atoms with Crippen LogP contribution >= 0.6 is 11.6 Å². The van der Waals surface area contributed by atoms with Crippen molar-refractivity contribution >= 4 is 40.9 Å². The quantitative estimate of drug-likeness (QED) is 0.443. The van der Waals surface area contributed by atoms with Gasteiger partial charge in [-0.15, -0.1) is 0 Å². The van der Waals surface area contributed by atoms with Crippen molar-refractivity contribution in [3.63, 3.8) is 0 Å². The molecule has 0 bridgehead atoms. The van der Waals surface area contributed by atoms with Gasteiger partial charge in [0.1, 0.15) is 6.10 Å². The van der Waals surface area contributed by atoms with Crippen LogP contribution in [0.25, 0.3) is 0 Å². The summed E-state index contributed by atoms with van der Waals surface area (Å²) in [6.07, 6.45) is -0.0455. The van der Waals surface area contributed by atoms with Gasteiger partial charge in [0, 0.05) is 24.3 Å². The van der Waals surface area contributed by atoms with Gasteiger partial charge in [-0.25, -0.2) is 4.79 Å². The molecule has 33 heavy (non-hydrogen) atoms. The zero-order valence-corrected chi connectivity index (χ0v) is 19.0. The van der Waals surface area contributed by atoms with Gasteiger partial charge in [-0.3, -0.25) is 14.4 Å². The van der Waals surface area contributed by atoms with Crippen LogP contribution in [0.2, 0.25) is 5.02 Å². The van der Waals surface area contributed by atoms with Gasteiger partial charge in [0.25, 0.3) is 5.91 Å². The monoisotopic (exact) mass is 472 g/mol. The first-order chi connectivity index (χ1) is 15.9. The van der Waals surface area contributed by atoms with Gasteiger partial charge >= 0.3 is 5.97 Å². The van der Waals surface area contributed by atoms with E-state index in [1.807, 2.05) is 6.92 Å². The van der Waals surface area contributed by atoms with Crippen molar-refractivity contribution in [1.82, 2.24) is 4.90 Å². The summed E-state index contributed by atoms with van der Waals surface area (Å²) in [5.74, 6) is -1.63. The third kappa shape index (κ3) is 6.63. The lowest BCUT2D eigenvalue weighted by molar-refractivity contribution is -0.155. The lowest BCUT2D eigenvalue weighted by Gasteiger charge is -2.32. The second kappa shape index (κ2) is 11.6. The zero-order valence-electron chi connectivity index (χ0n) is 18.2. The fraction of sp³-hybridized carbons (Fsp3) is 0.333. The maximum Gasteiger partial charge on any atom is 0.338 e. The Hall–Kier alpha value is -3.23. The highest BCUT2D eigenvalue weighted by atomic mass is 35.5. The summed E-state index contributed by atoms with van der Waals surface area (Å²) in [6.45, 7) is 3.12. The van der Waals surface area contributed by atoms with E-state index in [4.69, 9.17) is 21.1 Å². The Morgan fingerprint density at radius 2 is 1.88 bits per heavy atom. The van der Waals surface area contributed by atoms with Crippen LogP contribution in [0.4, 0.5) is 5.69 Å². The van der Waals surface area contributed by atoms with Crippen LogP contribution in [0.1, 0.15) is 40.5 Å². The summed E-state index contributed by atoms with van der Waals surface area (Å²) in [5, 5.41) is 2.98. The molecular weight excluding hydrogens is 448 g/mol. The Morgan fingerprint density at radius 3 is 2.58 bits per heavy atom. The number of hydrogen-bond donors (Lipinski definition) is 1. The third-order valence-electron chi connectivity index (χ3n) is 5.04. The smallest absolute Gasteiger partial charge is 0.338 e. The first kappa shape index (κ1) is 24.4. The van der Waals surface area contributed by atoms with E-state index in [1.54, 1.807) is 29.2 Å². The molecule has 1 aliphatic rings. The molecule has 2 aromatic carbocycles. The number of amides is 2. The molecule has 0 radical (unpaired) electrons. The average Bonchev–Trinajstić information content (AvgIpc) is 2.81. The average molecular weight is 473 g/mol. The van der Waals surface area contributed by atoms with E-state index in [1.165, 1.54) is 24.3 Å². The number of carbonyl (C=O) groups is 4. The topological polar surface area (TPSA) is 102 Å². The molecule has 0 spiro atoms. The second-order valence-electron chi connectivity index (χ2n) is 7.49. The van der Waals surface area contributed by atoms with Gasteiger partial charge < -0.3 is 19.7 Å². The number of Topliss-reactive ketones (excluding diaryl/α,β-unsaturated/α-hetero) is 1. The number of rotatable bonds is 9. The fourth-order valence-electron chi connectivity index (χ4n) is 3.38. The molecule has 1 unspecified atom stereocenters. The predicted molar refractivity (Wildman–Crippen MR) is 122 cm³/mol. The molecule has 1 saturated heterocycles. The van der Waals surface area contributed by atoms with Crippen molar-refractivity contribution in [2.24, 2.45) is 0 Å². The molecule has 9 heteroatoms. The van der Waals surface area contributed by atoms with E-state index in [-0.39, 0.29) is 34.4 Å². The number of carbonyl (C=O) groups excluding carboxylic acids is 4. The number of anilines is 1. The number of hydrogen-bond acceptors (Lipinski definition) is 6.